The van der Waals surface area contributed by atoms with E-state index in [1.54, 1.807) is 17.7 Å². The van der Waals surface area contributed by atoms with Gasteiger partial charge in [-0.3, -0.25) is 4.79 Å². The molecule has 0 fully saturated rings. The molecule has 2 aromatic carbocycles. The van der Waals surface area contributed by atoms with Gasteiger partial charge in [-0.05, 0) is 49.4 Å². The first kappa shape index (κ1) is 21.5. The highest BCUT2D eigenvalue weighted by Gasteiger charge is 2.30. The molecular formula is C19H17F3N4O3S. The number of aromatic nitrogens is 2. The number of amides is 1. The second kappa shape index (κ2) is 8.28. The molecule has 0 atom stereocenters. The van der Waals surface area contributed by atoms with Crippen molar-refractivity contribution >= 4 is 21.6 Å². The Morgan fingerprint density at radius 2 is 1.70 bits per heavy atom. The number of benzene rings is 2. The number of nitrogens with one attached hydrogen (secondary N) is 2. The van der Waals surface area contributed by atoms with E-state index in [9.17, 15) is 26.4 Å². The summed E-state index contributed by atoms with van der Waals surface area (Å²) in [5, 5.41) is 6.85. The Kier molecular flexibility index (Phi) is 5.94. The van der Waals surface area contributed by atoms with Crippen LogP contribution in [0.2, 0.25) is 0 Å². The average Bonchev–Trinajstić information content (AvgIpc) is 3.09. The summed E-state index contributed by atoms with van der Waals surface area (Å²) in [6.45, 7) is 0.127. The molecule has 1 heterocycles. The maximum Gasteiger partial charge on any atom is 0.402 e. The summed E-state index contributed by atoms with van der Waals surface area (Å²) in [7, 11) is -4.32. The third-order valence-corrected chi connectivity index (χ3v) is 5.42. The number of nitrogens with zero attached hydrogens (tertiary/aromatic N) is 2. The standard InChI is InChI=1S/C19H17F3N4O3S/c1-13-11-17(25-26(13)15-5-3-2-4-6-15)18(27)24-14-7-9-16(10-8-14)30(28,29)23-12-19(20,21)22/h2-11,23H,12H2,1H3,(H,24,27). The van der Waals surface area contributed by atoms with Crippen LogP contribution in [-0.2, 0) is 10.0 Å². The van der Waals surface area contributed by atoms with Crippen molar-refractivity contribution in [3.05, 3.63) is 72.1 Å². The summed E-state index contributed by atoms with van der Waals surface area (Å²) in [4.78, 5) is 12.1. The molecule has 0 bridgehead atoms. The van der Waals surface area contributed by atoms with E-state index >= 15 is 0 Å². The molecule has 0 saturated carbocycles. The smallest absolute Gasteiger partial charge is 0.321 e. The van der Waals surface area contributed by atoms with Crippen LogP contribution in [0.25, 0.3) is 5.69 Å². The van der Waals surface area contributed by atoms with Crippen LogP contribution < -0.4 is 10.0 Å². The Bertz CT molecular complexity index is 1140. The molecule has 0 aliphatic carbocycles. The SMILES string of the molecule is Cc1cc(C(=O)Nc2ccc(S(=O)(=O)NCC(F)(F)F)cc2)nn1-c1ccccc1. The van der Waals surface area contributed by atoms with Crippen molar-refractivity contribution in [2.45, 2.75) is 18.0 Å². The number of anilines is 1. The zero-order chi connectivity index (χ0) is 21.9. The molecule has 3 aromatic rings. The molecule has 0 spiro atoms. The van der Waals surface area contributed by atoms with Gasteiger partial charge in [0.2, 0.25) is 10.0 Å². The molecule has 0 saturated heterocycles. The number of rotatable bonds is 6. The number of hydrogen-bond donors (Lipinski definition) is 2. The molecule has 0 unspecified atom stereocenters. The highest BCUT2D eigenvalue weighted by atomic mass is 32.2. The topological polar surface area (TPSA) is 93.1 Å². The Morgan fingerprint density at radius 1 is 1.07 bits per heavy atom. The first-order valence-electron chi connectivity index (χ1n) is 8.65. The van der Waals surface area contributed by atoms with Gasteiger partial charge in [-0.1, -0.05) is 18.2 Å². The number of aryl methyl sites for hydroxylation is 1. The van der Waals surface area contributed by atoms with E-state index in [-0.39, 0.29) is 16.3 Å². The molecule has 0 radical (unpaired) electrons. The van der Waals surface area contributed by atoms with Gasteiger partial charge in [-0.15, -0.1) is 0 Å². The van der Waals surface area contributed by atoms with E-state index in [1.807, 2.05) is 30.3 Å². The van der Waals surface area contributed by atoms with E-state index in [0.717, 1.165) is 23.5 Å². The zero-order valence-electron chi connectivity index (χ0n) is 15.6. The number of para-hydroxylation sites is 1. The van der Waals surface area contributed by atoms with Gasteiger partial charge in [-0.2, -0.15) is 18.3 Å². The van der Waals surface area contributed by atoms with Crippen molar-refractivity contribution in [1.82, 2.24) is 14.5 Å². The van der Waals surface area contributed by atoms with Crippen LogP contribution in [0.5, 0.6) is 0 Å². The highest BCUT2D eigenvalue weighted by Crippen LogP contribution is 2.18. The summed E-state index contributed by atoms with van der Waals surface area (Å²) in [6, 6.07) is 15.6. The normalized spacial score (nSPS) is 12.0. The second-order valence-corrected chi connectivity index (χ2v) is 8.10. The van der Waals surface area contributed by atoms with Gasteiger partial charge in [0.15, 0.2) is 5.69 Å². The molecule has 1 aromatic heterocycles. The van der Waals surface area contributed by atoms with Crippen LogP contribution in [0.3, 0.4) is 0 Å². The van der Waals surface area contributed by atoms with Crippen LogP contribution in [0.1, 0.15) is 16.2 Å². The first-order valence-corrected chi connectivity index (χ1v) is 10.1. The average molecular weight is 438 g/mol. The van der Waals surface area contributed by atoms with Gasteiger partial charge in [0.25, 0.3) is 5.91 Å². The van der Waals surface area contributed by atoms with Crippen LogP contribution >= 0.6 is 0 Å². The zero-order valence-corrected chi connectivity index (χ0v) is 16.5. The lowest BCUT2D eigenvalue weighted by molar-refractivity contribution is -0.121. The summed E-state index contributed by atoms with van der Waals surface area (Å²) in [6.07, 6.45) is -4.66. The van der Waals surface area contributed by atoms with Crippen molar-refractivity contribution in [2.75, 3.05) is 11.9 Å². The third kappa shape index (κ3) is 5.24. The molecular weight excluding hydrogens is 421 g/mol. The minimum atomic E-state index is -4.66. The molecule has 1 amide bonds. The molecule has 11 heteroatoms. The number of carbonyl (C=O) groups excluding carboxylic acids is 1. The summed E-state index contributed by atoms with van der Waals surface area (Å²) in [5.41, 5.74) is 1.94. The van der Waals surface area contributed by atoms with Crippen LogP contribution in [0.4, 0.5) is 18.9 Å². The Balaban J connectivity index is 1.71. The number of halogens is 3. The van der Waals surface area contributed by atoms with Gasteiger partial charge in [-0.25, -0.2) is 17.8 Å². The maximum absolute atomic E-state index is 12.5. The van der Waals surface area contributed by atoms with E-state index < -0.39 is 28.7 Å². The van der Waals surface area contributed by atoms with Crippen molar-refractivity contribution in [1.29, 1.82) is 0 Å². The first-order chi connectivity index (χ1) is 14.0. The lowest BCUT2D eigenvalue weighted by Crippen LogP contribution is -2.33. The minimum absolute atomic E-state index is 0.153. The van der Waals surface area contributed by atoms with Gasteiger partial charge < -0.3 is 5.32 Å². The molecule has 0 aliphatic rings. The van der Waals surface area contributed by atoms with E-state index in [1.165, 1.54) is 16.9 Å². The van der Waals surface area contributed by atoms with Crippen molar-refractivity contribution in [2.24, 2.45) is 0 Å². The van der Waals surface area contributed by atoms with E-state index in [0.29, 0.717) is 0 Å². The molecule has 3 rings (SSSR count). The molecule has 0 aliphatic heterocycles. The molecule has 158 valence electrons. The minimum Gasteiger partial charge on any atom is -0.321 e. The highest BCUT2D eigenvalue weighted by molar-refractivity contribution is 7.89. The number of hydrogen-bond acceptors (Lipinski definition) is 4. The largest absolute Gasteiger partial charge is 0.402 e. The van der Waals surface area contributed by atoms with Gasteiger partial charge in [0, 0.05) is 11.4 Å². The predicted molar refractivity (Wildman–Crippen MR) is 104 cm³/mol. The Hall–Kier alpha value is -3.18. The van der Waals surface area contributed by atoms with Crippen LogP contribution in [0.15, 0.2) is 65.6 Å². The molecule has 7 nitrogen and oxygen atoms in total. The van der Waals surface area contributed by atoms with Crippen molar-refractivity contribution in [3.63, 3.8) is 0 Å². The second-order valence-electron chi connectivity index (χ2n) is 6.34. The Labute approximate surface area is 170 Å². The van der Waals surface area contributed by atoms with E-state index in [4.69, 9.17) is 0 Å². The number of carbonyl (C=O) groups is 1. The van der Waals surface area contributed by atoms with Gasteiger partial charge in [0.1, 0.15) is 6.54 Å². The van der Waals surface area contributed by atoms with E-state index in [2.05, 4.69) is 10.4 Å². The fourth-order valence-corrected chi connectivity index (χ4v) is 3.60. The lowest BCUT2D eigenvalue weighted by Gasteiger charge is -2.10. The molecule has 30 heavy (non-hydrogen) atoms. The van der Waals surface area contributed by atoms with Gasteiger partial charge >= 0.3 is 6.18 Å². The summed E-state index contributed by atoms with van der Waals surface area (Å²) < 4.78 is 63.6. The summed E-state index contributed by atoms with van der Waals surface area (Å²) >= 11 is 0. The van der Waals surface area contributed by atoms with Crippen molar-refractivity contribution in [3.8, 4) is 5.69 Å². The number of sulfonamides is 1. The molecule has 2 N–H and O–H groups in total. The Morgan fingerprint density at radius 3 is 2.30 bits per heavy atom. The summed E-state index contributed by atoms with van der Waals surface area (Å²) in [5.74, 6) is -0.515. The monoisotopic (exact) mass is 438 g/mol. The van der Waals surface area contributed by atoms with Crippen LogP contribution in [0, 0.1) is 6.92 Å². The fraction of sp³-hybridized carbons (Fsp3) is 0.158. The fourth-order valence-electron chi connectivity index (χ4n) is 2.59. The predicted octanol–water partition coefficient (Wildman–Crippen LogP) is 3.27. The quantitative estimate of drug-likeness (QED) is 0.618. The third-order valence-electron chi connectivity index (χ3n) is 4.01. The number of alkyl halides is 3. The maximum atomic E-state index is 12.5. The van der Waals surface area contributed by atoms with Crippen LogP contribution in [-0.4, -0.2) is 36.8 Å². The van der Waals surface area contributed by atoms with Crippen molar-refractivity contribution < 1.29 is 26.4 Å². The lowest BCUT2D eigenvalue weighted by atomic mass is 10.3. The van der Waals surface area contributed by atoms with Gasteiger partial charge in [0.05, 0.1) is 10.6 Å².